The zero-order valence-corrected chi connectivity index (χ0v) is 13.9. The smallest absolute Gasteiger partial charge is 0.273 e. The summed E-state index contributed by atoms with van der Waals surface area (Å²) in [5, 5.41) is 1.70. The number of pyridine rings is 1. The van der Waals surface area contributed by atoms with Gasteiger partial charge in [-0.3, -0.25) is 20.2 Å². The number of anilines is 1. The lowest BCUT2D eigenvalue weighted by atomic mass is 10.1. The summed E-state index contributed by atoms with van der Waals surface area (Å²) in [5.74, 6) is -0.0519. The lowest BCUT2D eigenvalue weighted by Crippen LogP contribution is -2.43. The number of carbonyl (C=O) groups excluding carboxylic acids is 1. The van der Waals surface area contributed by atoms with Crippen molar-refractivity contribution in [3.8, 4) is 0 Å². The summed E-state index contributed by atoms with van der Waals surface area (Å²) in [6.45, 7) is 3.77. The van der Waals surface area contributed by atoms with Gasteiger partial charge in [0, 0.05) is 18.9 Å². The van der Waals surface area contributed by atoms with Crippen LogP contribution in [0.25, 0.3) is 0 Å². The van der Waals surface area contributed by atoms with Gasteiger partial charge in [0.25, 0.3) is 5.91 Å². The van der Waals surface area contributed by atoms with Crippen LogP contribution in [0.3, 0.4) is 0 Å². The van der Waals surface area contributed by atoms with Gasteiger partial charge in [-0.15, -0.1) is 0 Å². The predicted molar refractivity (Wildman–Crippen MR) is 95.6 cm³/mol. The molecule has 5 nitrogen and oxygen atoms in total. The van der Waals surface area contributed by atoms with Crippen molar-refractivity contribution in [3.63, 3.8) is 0 Å². The first-order valence-corrected chi connectivity index (χ1v) is 8.59. The van der Waals surface area contributed by atoms with E-state index in [4.69, 9.17) is 0 Å². The van der Waals surface area contributed by atoms with Gasteiger partial charge in [-0.1, -0.05) is 24.6 Å². The highest BCUT2D eigenvalue weighted by atomic mass is 16.2. The van der Waals surface area contributed by atoms with Crippen LogP contribution >= 0.6 is 0 Å². The van der Waals surface area contributed by atoms with Gasteiger partial charge in [0.05, 0.1) is 17.8 Å². The number of hydrogen-bond donors (Lipinski definition) is 1. The summed E-state index contributed by atoms with van der Waals surface area (Å²) in [6.07, 6.45) is 7.12. The number of likely N-dealkylation sites (tertiary alicyclic amines) is 1. The molecular weight excluding hydrogens is 300 g/mol. The first kappa shape index (κ1) is 16.5. The van der Waals surface area contributed by atoms with Crippen molar-refractivity contribution in [1.29, 1.82) is 0 Å². The molecule has 0 bridgehead atoms. The van der Waals surface area contributed by atoms with Crippen LogP contribution < -0.4 is 5.43 Å². The van der Waals surface area contributed by atoms with Gasteiger partial charge >= 0.3 is 0 Å². The molecule has 1 N–H and O–H groups in total. The molecule has 1 saturated heterocycles. The number of carbonyl (C=O) groups is 1. The molecule has 0 unspecified atom stereocenters. The van der Waals surface area contributed by atoms with Gasteiger partial charge in [0.1, 0.15) is 0 Å². The average molecular weight is 324 g/mol. The second-order valence-electron chi connectivity index (χ2n) is 6.08. The second kappa shape index (κ2) is 8.45. The number of hydrazine groups is 1. The highest BCUT2D eigenvalue weighted by Crippen LogP contribution is 2.12. The fourth-order valence-electron chi connectivity index (χ4n) is 2.95. The van der Waals surface area contributed by atoms with Crippen LogP contribution in [-0.4, -0.2) is 47.0 Å². The Morgan fingerprint density at radius 3 is 2.58 bits per heavy atom. The summed E-state index contributed by atoms with van der Waals surface area (Å²) in [5.41, 5.74) is 4.75. The molecule has 1 aromatic heterocycles. The van der Waals surface area contributed by atoms with E-state index >= 15 is 0 Å². The normalized spacial score (nSPS) is 15.0. The van der Waals surface area contributed by atoms with Crippen molar-refractivity contribution in [1.82, 2.24) is 14.9 Å². The van der Waals surface area contributed by atoms with E-state index in [0.29, 0.717) is 12.1 Å². The minimum absolute atomic E-state index is 0.0519. The van der Waals surface area contributed by atoms with Crippen LogP contribution in [0.1, 0.15) is 29.6 Å². The molecule has 3 rings (SSSR count). The maximum atomic E-state index is 12.8. The van der Waals surface area contributed by atoms with Gasteiger partial charge in [0.15, 0.2) is 0 Å². The molecule has 1 amide bonds. The topological polar surface area (TPSA) is 48.5 Å². The largest absolute Gasteiger partial charge is 0.301 e. The molecule has 1 fully saturated rings. The van der Waals surface area contributed by atoms with Crippen LogP contribution in [0.2, 0.25) is 0 Å². The van der Waals surface area contributed by atoms with Gasteiger partial charge in [-0.2, -0.15) is 0 Å². The fourth-order valence-corrected chi connectivity index (χ4v) is 2.95. The SMILES string of the molecule is O=C(c1cccnc1)N(CCN1CCCCC1)Nc1ccccc1. The van der Waals surface area contributed by atoms with Gasteiger partial charge in [-0.05, 0) is 50.2 Å². The van der Waals surface area contributed by atoms with E-state index in [1.54, 1.807) is 29.5 Å². The second-order valence-corrected chi connectivity index (χ2v) is 6.08. The first-order chi connectivity index (χ1) is 11.8. The quantitative estimate of drug-likeness (QED) is 0.830. The monoisotopic (exact) mass is 324 g/mol. The standard InChI is InChI=1S/C19H24N4O/c24-19(17-8-7-11-20-16-17)23(21-18-9-3-1-4-10-18)15-14-22-12-5-2-6-13-22/h1,3-4,7-11,16,21H,2,5-6,12-15H2. The number of nitrogens with one attached hydrogen (secondary N) is 1. The van der Waals surface area contributed by atoms with E-state index in [2.05, 4.69) is 15.3 Å². The van der Waals surface area contributed by atoms with Crippen LogP contribution in [0, 0.1) is 0 Å². The van der Waals surface area contributed by atoms with E-state index in [-0.39, 0.29) is 5.91 Å². The molecule has 2 aromatic rings. The molecule has 1 aromatic carbocycles. The summed E-state index contributed by atoms with van der Waals surface area (Å²) in [7, 11) is 0. The number of piperidine rings is 1. The highest BCUT2D eigenvalue weighted by Gasteiger charge is 2.18. The number of para-hydroxylation sites is 1. The molecular formula is C19H24N4O. The maximum absolute atomic E-state index is 12.8. The van der Waals surface area contributed by atoms with Crippen molar-refractivity contribution in [3.05, 3.63) is 60.4 Å². The third-order valence-electron chi connectivity index (χ3n) is 4.28. The first-order valence-electron chi connectivity index (χ1n) is 8.59. The lowest BCUT2D eigenvalue weighted by molar-refractivity contribution is 0.0770. The molecule has 126 valence electrons. The van der Waals surface area contributed by atoms with Crippen molar-refractivity contribution >= 4 is 11.6 Å². The number of amides is 1. The van der Waals surface area contributed by atoms with Crippen LogP contribution in [-0.2, 0) is 0 Å². The van der Waals surface area contributed by atoms with Gasteiger partial charge in [0.2, 0.25) is 0 Å². The van der Waals surface area contributed by atoms with Crippen LogP contribution in [0.15, 0.2) is 54.9 Å². The summed E-state index contributed by atoms with van der Waals surface area (Å²) < 4.78 is 0. The molecule has 24 heavy (non-hydrogen) atoms. The Bertz CT molecular complexity index is 626. The van der Waals surface area contributed by atoms with Gasteiger partial charge in [-0.25, -0.2) is 0 Å². The highest BCUT2D eigenvalue weighted by molar-refractivity contribution is 5.94. The fraction of sp³-hybridized carbons (Fsp3) is 0.368. The lowest BCUT2D eigenvalue weighted by Gasteiger charge is -2.30. The zero-order chi connectivity index (χ0) is 16.6. The van der Waals surface area contributed by atoms with Crippen molar-refractivity contribution in [2.45, 2.75) is 19.3 Å². The third kappa shape index (κ3) is 4.55. The summed E-state index contributed by atoms with van der Waals surface area (Å²) >= 11 is 0. The predicted octanol–water partition coefficient (Wildman–Crippen LogP) is 3.04. The molecule has 1 aliphatic rings. The number of nitrogens with zero attached hydrogens (tertiary/aromatic N) is 3. The Balaban J connectivity index is 1.69. The Kier molecular flexibility index (Phi) is 5.80. The molecule has 2 heterocycles. The Hall–Kier alpha value is -2.40. The van der Waals surface area contributed by atoms with E-state index < -0.39 is 0 Å². The molecule has 0 spiro atoms. The van der Waals surface area contributed by atoms with E-state index in [1.807, 2.05) is 30.3 Å². The average Bonchev–Trinajstić information content (AvgIpc) is 2.67. The number of benzene rings is 1. The van der Waals surface area contributed by atoms with Crippen LogP contribution in [0.4, 0.5) is 5.69 Å². The Morgan fingerprint density at radius 1 is 1.08 bits per heavy atom. The third-order valence-corrected chi connectivity index (χ3v) is 4.28. The number of rotatable bonds is 6. The summed E-state index contributed by atoms with van der Waals surface area (Å²) in [6, 6.07) is 13.4. The summed E-state index contributed by atoms with van der Waals surface area (Å²) in [4.78, 5) is 19.3. The molecule has 1 aliphatic heterocycles. The number of aromatic nitrogens is 1. The molecule has 0 radical (unpaired) electrons. The zero-order valence-electron chi connectivity index (χ0n) is 13.9. The maximum Gasteiger partial charge on any atom is 0.273 e. The molecule has 5 heteroatoms. The van der Waals surface area contributed by atoms with Crippen molar-refractivity contribution in [2.75, 3.05) is 31.6 Å². The number of hydrogen-bond acceptors (Lipinski definition) is 4. The molecule has 0 aliphatic carbocycles. The van der Waals surface area contributed by atoms with E-state index in [0.717, 1.165) is 25.3 Å². The van der Waals surface area contributed by atoms with Crippen molar-refractivity contribution < 1.29 is 4.79 Å². The molecule has 0 saturated carbocycles. The Morgan fingerprint density at radius 2 is 1.88 bits per heavy atom. The van der Waals surface area contributed by atoms with E-state index in [9.17, 15) is 4.79 Å². The van der Waals surface area contributed by atoms with Crippen molar-refractivity contribution in [2.24, 2.45) is 0 Å². The minimum atomic E-state index is -0.0519. The Labute approximate surface area is 143 Å². The van der Waals surface area contributed by atoms with E-state index in [1.165, 1.54) is 19.3 Å². The minimum Gasteiger partial charge on any atom is -0.301 e. The molecule has 0 atom stereocenters. The van der Waals surface area contributed by atoms with Gasteiger partial charge < -0.3 is 4.90 Å². The van der Waals surface area contributed by atoms with Crippen LogP contribution in [0.5, 0.6) is 0 Å².